The summed E-state index contributed by atoms with van der Waals surface area (Å²) in [4.78, 5) is 30.2. The average molecular weight is 495 g/mol. The van der Waals surface area contributed by atoms with Gasteiger partial charge < -0.3 is 24.6 Å². The normalized spacial score (nSPS) is 20.3. The Hall–Kier alpha value is -3.36. The summed E-state index contributed by atoms with van der Waals surface area (Å²) >= 11 is 0. The molecule has 1 amide bonds. The van der Waals surface area contributed by atoms with Crippen LogP contribution in [0.15, 0.2) is 48.0 Å². The van der Waals surface area contributed by atoms with Crippen LogP contribution >= 0.6 is 0 Å². The van der Waals surface area contributed by atoms with Gasteiger partial charge in [-0.1, -0.05) is 12.1 Å². The molecule has 1 unspecified atom stereocenters. The van der Waals surface area contributed by atoms with Gasteiger partial charge >= 0.3 is 0 Å². The Morgan fingerprint density at radius 2 is 1.78 bits per heavy atom. The fraction of sp³-hybridized carbons (Fsp3) is 0.429. The number of rotatable bonds is 8. The van der Waals surface area contributed by atoms with Gasteiger partial charge in [-0.25, -0.2) is 0 Å². The monoisotopic (exact) mass is 494 g/mol. The van der Waals surface area contributed by atoms with Crippen molar-refractivity contribution in [3.05, 3.63) is 64.7 Å². The van der Waals surface area contributed by atoms with E-state index in [1.165, 1.54) is 17.0 Å². The molecule has 2 aliphatic heterocycles. The van der Waals surface area contributed by atoms with Crippen molar-refractivity contribution in [2.24, 2.45) is 0 Å². The van der Waals surface area contributed by atoms with Gasteiger partial charge in [0.25, 0.3) is 11.7 Å². The van der Waals surface area contributed by atoms with E-state index in [-0.39, 0.29) is 23.2 Å². The number of Topliss-reactive ketones (excluding diaryl/α,β-unsaturated/α-hetero) is 1. The first-order valence-corrected chi connectivity index (χ1v) is 12.4. The third-order valence-electron chi connectivity index (χ3n) is 6.54. The quantitative estimate of drug-likeness (QED) is 0.328. The van der Waals surface area contributed by atoms with Crippen molar-refractivity contribution in [2.75, 3.05) is 39.4 Å². The fourth-order valence-corrected chi connectivity index (χ4v) is 4.74. The van der Waals surface area contributed by atoms with Gasteiger partial charge in [-0.2, -0.15) is 0 Å². The number of hydrogen-bond acceptors (Lipinski definition) is 7. The summed E-state index contributed by atoms with van der Waals surface area (Å²) in [5.41, 5.74) is 1.96. The summed E-state index contributed by atoms with van der Waals surface area (Å²) < 4.78 is 11.2. The number of carbonyl (C=O) groups is 2. The van der Waals surface area contributed by atoms with E-state index in [4.69, 9.17) is 9.47 Å². The van der Waals surface area contributed by atoms with Crippen molar-refractivity contribution in [3.63, 3.8) is 0 Å². The van der Waals surface area contributed by atoms with Crippen molar-refractivity contribution >= 4 is 17.4 Å². The van der Waals surface area contributed by atoms with Crippen LogP contribution in [0, 0.1) is 6.92 Å². The number of aliphatic hydroxyl groups excluding tert-OH is 1. The number of aryl methyl sites for hydroxylation is 1. The van der Waals surface area contributed by atoms with E-state index in [9.17, 15) is 19.8 Å². The maximum absolute atomic E-state index is 13.2. The van der Waals surface area contributed by atoms with Crippen molar-refractivity contribution in [1.29, 1.82) is 0 Å². The molecule has 0 bridgehead atoms. The van der Waals surface area contributed by atoms with Crippen LogP contribution in [0.5, 0.6) is 11.5 Å². The van der Waals surface area contributed by atoms with Gasteiger partial charge in [0.1, 0.15) is 17.3 Å². The van der Waals surface area contributed by atoms with Gasteiger partial charge in [0.2, 0.25) is 0 Å². The zero-order chi connectivity index (χ0) is 25.8. The lowest BCUT2D eigenvalue weighted by Crippen LogP contribution is -2.38. The first-order valence-electron chi connectivity index (χ1n) is 12.4. The topological polar surface area (TPSA) is 99.5 Å². The first-order chi connectivity index (χ1) is 17.3. The Labute approximate surface area is 211 Å². The highest BCUT2D eigenvalue weighted by Gasteiger charge is 2.45. The summed E-state index contributed by atoms with van der Waals surface area (Å²) in [5, 5.41) is 21.1. The van der Waals surface area contributed by atoms with Crippen molar-refractivity contribution in [2.45, 2.75) is 39.3 Å². The van der Waals surface area contributed by atoms with Crippen molar-refractivity contribution in [3.8, 4) is 11.5 Å². The number of hydrogen-bond donors (Lipinski definition) is 2. The Morgan fingerprint density at radius 3 is 2.42 bits per heavy atom. The minimum atomic E-state index is -0.748. The number of likely N-dealkylation sites (tertiary alicyclic amines) is 1. The number of nitrogens with zero attached hydrogens (tertiary/aromatic N) is 2. The summed E-state index contributed by atoms with van der Waals surface area (Å²) in [6.45, 7) is 9.96. The lowest BCUT2D eigenvalue weighted by Gasteiger charge is -2.29. The number of aliphatic hydroxyl groups is 1. The van der Waals surface area contributed by atoms with Crippen LogP contribution in [-0.4, -0.2) is 77.2 Å². The number of phenols is 1. The summed E-state index contributed by atoms with van der Waals surface area (Å²) in [7, 11) is 0. The molecule has 2 fully saturated rings. The van der Waals surface area contributed by atoms with Crippen LogP contribution in [0.1, 0.15) is 43.0 Å². The molecule has 4 rings (SSSR count). The first kappa shape index (κ1) is 25.7. The second-order valence-electron chi connectivity index (χ2n) is 9.54. The lowest BCUT2D eigenvalue weighted by atomic mass is 9.94. The standard InChI is InChI=1S/C28H34N2O6/c1-18(2)36-23-10-7-21(17-19(23)3)26(32)24-25(20-5-8-22(31)9-6-20)30(28(34)27(24)33)12-4-11-29-13-15-35-16-14-29/h5-10,17-18,25,31-32H,4,11-16H2,1-3H3/b26-24-. The molecule has 0 aromatic heterocycles. The third-order valence-corrected chi connectivity index (χ3v) is 6.54. The molecular formula is C28H34N2O6. The third kappa shape index (κ3) is 5.55. The van der Waals surface area contributed by atoms with Gasteiger partial charge in [0, 0.05) is 31.7 Å². The molecule has 2 N–H and O–H groups in total. The largest absolute Gasteiger partial charge is 0.508 e. The number of aromatic hydroxyl groups is 1. The van der Waals surface area contributed by atoms with Crippen LogP contribution in [0.4, 0.5) is 0 Å². The van der Waals surface area contributed by atoms with E-state index in [1.54, 1.807) is 30.3 Å². The van der Waals surface area contributed by atoms with Crippen LogP contribution in [0.25, 0.3) is 5.76 Å². The predicted octanol–water partition coefficient (Wildman–Crippen LogP) is 3.63. The summed E-state index contributed by atoms with van der Waals surface area (Å²) in [5.74, 6) is -0.786. The second kappa shape index (κ2) is 11.1. The smallest absolute Gasteiger partial charge is 0.295 e. The van der Waals surface area contributed by atoms with E-state index in [2.05, 4.69) is 4.90 Å². The average Bonchev–Trinajstić information content (AvgIpc) is 3.11. The summed E-state index contributed by atoms with van der Waals surface area (Å²) in [6, 6.07) is 10.9. The predicted molar refractivity (Wildman–Crippen MR) is 136 cm³/mol. The zero-order valence-corrected chi connectivity index (χ0v) is 21.1. The van der Waals surface area contributed by atoms with Crippen LogP contribution in [0.2, 0.25) is 0 Å². The van der Waals surface area contributed by atoms with E-state index >= 15 is 0 Å². The molecule has 2 heterocycles. The minimum absolute atomic E-state index is 0.000399. The van der Waals surface area contributed by atoms with Gasteiger partial charge in [-0.3, -0.25) is 14.5 Å². The molecule has 2 aromatic carbocycles. The molecule has 0 aliphatic carbocycles. The maximum Gasteiger partial charge on any atom is 0.295 e. The molecule has 0 saturated carbocycles. The van der Waals surface area contributed by atoms with Gasteiger partial charge in [-0.05, 0) is 68.7 Å². The molecule has 192 valence electrons. The molecule has 2 saturated heterocycles. The SMILES string of the molecule is Cc1cc(/C(O)=C2/C(=O)C(=O)N(CCCN3CCOCC3)C2c2ccc(O)cc2)ccc1OC(C)C. The molecular weight excluding hydrogens is 460 g/mol. The number of ether oxygens (including phenoxy) is 2. The number of carbonyl (C=O) groups excluding carboxylic acids is 2. The molecule has 0 spiro atoms. The van der Waals surface area contributed by atoms with Crippen molar-refractivity contribution < 1.29 is 29.3 Å². The number of morpholine rings is 1. The number of phenolic OH excluding ortho intramolecular Hbond substituents is 1. The second-order valence-corrected chi connectivity index (χ2v) is 9.54. The van der Waals surface area contributed by atoms with E-state index in [0.29, 0.717) is 43.1 Å². The van der Waals surface area contributed by atoms with E-state index < -0.39 is 17.7 Å². The molecule has 2 aliphatic rings. The van der Waals surface area contributed by atoms with E-state index in [0.717, 1.165) is 25.2 Å². The van der Waals surface area contributed by atoms with E-state index in [1.807, 2.05) is 20.8 Å². The number of amides is 1. The molecule has 36 heavy (non-hydrogen) atoms. The Bertz CT molecular complexity index is 1140. The highest BCUT2D eigenvalue weighted by molar-refractivity contribution is 6.46. The Kier molecular flexibility index (Phi) is 7.96. The van der Waals surface area contributed by atoms with Crippen LogP contribution in [-0.2, 0) is 14.3 Å². The van der Waals surface area contributed by atoms with Crippen LogP contribution < -0.4 is 4.74 Å². The van der Waals surface area contributed by atoms with Gasteiger partial charge in [0.05, 0.1) is 30.9 Å². The highest BCUT2D eigenvalue weighted by Crippen LogP contribution is 2.40. The molecule has 8 heteroatoms. The minimum Gasteiger partial charge on any atom is -0.508 e. The van der Waals surface area contributed by atoms with Crippen molar-refractivity contribution in [1.82, 2.24) is 9.80 Å². The van der Waals surface area contributed by atoms with Gasteiger partial charge in [-0.15, -0.1) is 0 Å². The lowest BCUT2D eigenvalue weighted by molar-refractivity contribution is -0.140. The maximum atomic E-state index is 13.2. The highest BCUT2D eigenvalue weighted by atomic mass is 16.5. The summed E-state index contributed by atoms with van der Waals surface area (Å²) in [6.07, 6.45) is 0.683. The van der Waals surface area contributed by atoms with Gasteiger partial charge in [0.15, 0.2) is 0 Å². The number of ketones is 1. The zero-order valence-electron chi connectivity index (χ0n) is 21.1. The Balaban J connectivity index is 1.67. The molecule has 1 atom stereocenters. The number of benzene rings is 2. The Morgan fingerprint density at radius 1 is 1.08 bits per heavy atom. The molecule has 2 aromatic rings. The van der Waals surface area contributed by atoms with Crippen LogP contribution in [0.3, 0.4) is 0 Å². The fourth-order valence-electron chi connectivity index (χ4n) is 4.74. The molecule has 0 radical (unpaired) electrons. The molecule has 8 nitrogen and oxygen atoms in total.